The highest BCUT2D eigenvalue weighted by Crippen LogP contribution is 2.22. The van der Waals surface area contributed by atoms with Crippen LogP contribution in [0.15, 0.2) is 34.8 Å². The van der Waals surface area contributed by atoms with Crippen molar-refractivity contribution in [3.8, 4) is 0 Å². The molecular formula is C14H11BrF2N2O. The van der Waals surface area contributed by atoms with Gasteiger partial charge in [0.1, 0.15) is 17.2 Å². The van der Waals surface area contributed by atoms with Crippen molar-refractivity contribution >= 4 is 33.2 Å². The van der Waals surface area contributed by atoms with Crippen molar-refractivity contribution in [2.45, 2.75) is 6.92 Å². The molecule has 20 heavy (non-hydrogen) atoms. The maximum absolute atomic E-state index is 13.7. The highest BCUT2D eigenvalue weighted by atomic mass is 79.9. The SMILES string of the molecule is Cc1cc(NC(=O)c2c(F)cc(Br)cc2F)ccc1N. The minimum Gasteiger partial charge on any atom is -0.399 e. The lowest BCUT2D eigenvalue weighted by Gasteiger charge is -2.09. The van der Waals surface area contributed by atoms with E-state index in [0.717, 1.165) is 17.7 Å². The van der Waals surface area contributed by atoms with Gasteiger partial charge in [0.25, 0.3) is 5.91 Å². The summed E-state index contributed by atoms with van der Waals surface area (Å²) in [6.07, 6.45) is 0. The second-order valence-electron chi connectivity index (χ2n) is 4.27. The first-order valence-corrected chi connectivity index (χ1v) is 6.50. The lowest BCUT2D eigenvalue weighted by atomic mass is 10.1. The second-order valence-corrected chi connectivity index (χ2v) is 5.19. The van der Waals surface area contributed by atoms with Gasteiger partial charge in [-0.15, -0.1) is 0 Å². The molecule has 0 saturated heterocycles. The standard InChI is InChI=1S/C14H11BrF2N2O/c1-7-4-9(2-3-12(7)18)19-14(20)13-10(16)5-8(15)6-11(13)17/h2-6H,18H2,1H3,(H,19,20). The largest absolute Gasteiger partial charge is 0.399 e. The number of nitrogens with two attached hydrogens (primary N) is 1. The Kier molecular flexibility index (Phi) is 4.04. The number of aryl methyl sites for hydroxylation is 1. The topological polar surface area (TPSA) is 55.1 Å². The summed E-state index contributed by atoms with van der Waals surface area (Å²) in [7, 11) is 0. The van der Waals surface area contributed by atoms with E-state index in [0.29, 0.717) is 11.4 Å². The Morgan fingerprint density at radius 2 is 1.80 bits per heavy atom. The van der Waals surface area contributed by atoms with Gasteiger partial charge in [-0.2, -0.15) is 0 Å². The van der Waals surface area contributed by atoms with Gasteiger partial charge in [0.05, 0.1) is 0 Å². The Morgan fingerprint density at radius 3 is 2.35 bits per heavy atom. The van der Waals surface area contributed by atoms with E-state index < -0.39 is 23.1 Å². The minimum atomic E-state index is -0.929. The molecule has 0 spiro atoms. The summed E-state index contributed by atoms with van der Waals surface area (Å²) in [5.41, 5.74) is 6.79. The van der Waals surface area contributed by atoms with Crippen LogP contribution in [0.4, 0.5) is 20.2 Å². The van der Waals surface area contributed by atoms with E-state index in [4.69, 9.17) is 5.73 Å². The number of rotatable bonds is 2. The Hall–Kier alpha value is -1.95. The number of nitrogen functional groups attached to an aromatic ring is 1. The average Bonchev–Trinajstić information content (AvgIpc) is 2.32. The number of amides is 1. The van der Waals surface area contributed by atoms with Gasteiger partial charge in [-0.1, -0.05) is 15.9 Å². The highest BCUT2D eigenvalue weighted by Gasteiger charge is 2.18. The van der Waals surface area contributed by atoms with E-state index in [1.165, 1.54) is 0 Å². The number of halogens is 3. The molecule has 0 saturated carbocycles. The molecule has 0 aliphatic rings. The zero-order valence-corrected chi connectivity index (χ0v) is 12.1. The first-order chi connectivity index (χ1) is 9.38. The van der Waals surface area contributed by atoms with Crippen LogP contribution in [0, 0.1) is 18.6 Å². The van der Waals surface area contributed by atoms with Gasteiger partial charge in [-0.05, 0) is 42.8 Å². The third kappa shape index (κ3) is 2.96. The summed E-state index contributed by atoms with van der Waals surface area (Å²) in [5, 5.41) is 2.44. The smallest absolute Gasteiger partial charge is 0.261 e. The van der Waals surface area contributed by atoms with Crippen molar-refractivity contribution in [3.63, 3.8) is 0 Å². The Balaban J connectivity index is 2.31. The third-order valence-electron chi connectivity index (χ3n) is 2.76. The van der Waals surface area contributed by atoms with Gasteiger partial charge >= 0.3 is 0 Å². The molecule has 1 amide bonds. The summed E-state index contributed by atoms with van der Waals surface area (Å²) in [4.78, 5) is 11.9. The van der Waals surface area contributed by atoms with Crippen molar-refractivity contribution in [2.75, 3.05) is 11.1 Å². The van der Waals surface area contributed by atoms with Gasteiger partial charge in [-0.25, -0.2) is 8.78 Å². The molecule has 3 nitrogen and oxygen atoms in total. The number of carbonyl (C=O) groups excluding carboxylic acids is 1. The Morgan fingerprint density at radius 1 is 1.20 bits per heavy atom. The number of nitrogens with one attached hydrogen (secondary N) is 1. The maximum Gasteiger partial charge on any atom is 0.261 e. The Bertz CT molecular complexity index is 666. The lowest BCUT2D eigenvalue weighted by Crippen LogP contribution is -2.16. The van der Waals surface area contributed by atoms with Crippen LogP contribution >= 0.6 is 15.9 Å². The molecule has 6 heteroatoms. The quantitative estimate of drug-likeness (QED) is 0.815. The predicted molar refractivity (Wildman–Crippen MR) is 77.6 cm³/mol. The van der Waals surface area contributed by atoms with E-state index >= 15 is 0 Å². The number of anilines is 2. The third-order valence-corrected chi connectivity index (χ3v) is 3.22. The normalized spacial score (nSPS) is 10.4. The van der Waals surface area contributed by atoms with E-state index in [-0.39, 0.29) is 4.47 Å². The van der Waals surface area contributed by atoms with Gasteiger partial charge in [-0.3, -0.25) is 4.79 Å². The fourth-order valence-corrected chi connectivity index (χ4v) is 2.11. The van der Waals surface area contributed by atoms with Crippen LogP contribution in [0.5, 0.6) is 0 Å². The molecule has 0 unspecified atom stereocenters. The number of hydrogen-bond acceptors (Lipinski definition) is 2. The van der Waals surface area contributed by atoms with E-state index in [1.807, 2.05) is 0 Å². The van der Waals surface area contributed by atoms with Crippen molar-refractivity contribution in [1.29, 1.82) is 0 Å². The van der Waals surface area contributed by atoms with Gasteiger partial charge < -0.3 is 11.1 Å². The Labute approximate surface area is 122 Å². The fraction of sp³-hybridized carbons (Fsp3) is 0.0714. The molecule has 0 atom stereocenters. The molecule has 0 aliphatic carbocycles. The molecule has 0 aromatic heterocycles. The average molecular weight is 341 g/mol. The summed E-state index contributed by atoms with van der Waals surface area (Å²) in [5.74, 6) is -2.71. The second kappa shape index (κ2) is 5.58. The minimum absolute atomic E-state index is 0.229. The molecule has 2 rings (SSSR count). The number of carbonyl (C=O) groups is 1. The molecular weight excluding hydrogens is 330 g/mol. The molecule has 0 heterocycles. The molecule has 3 N–H and O–H groups in total. The van der Waals surface area contributed by atoms with Crippen LogP contribution in [0.2, 0.25) is 0 Å². The lowest BCUT2D eigenvalue weighted by molar-refractivity contribution is 0.101. The zero-order chi connectivity index (χ0) is 14.9. The summed E-state index contributed by atoms with van der Waals surface area (Å²) in [6.45, 7) is 1.77. The first-order valence-electron chi connectivity index (χ1n) is 5.70. The van der Waals surface area contributed by atoms with Crippen molar-refractivity contribution in [1.82, 2.24) is 0 Å². The summed E-state index contributed by atoms with van der Waals surface area (Å²) in [6, 6.07) is 6.87. The van der Waals surface area contributed by atoms with E-state index in [9.17, 15) is 13.6 Å². The maximum atomic E-state index is 13.7. The molecule has 2 aromatic carbocycles. The monoisotopic (exact) mass is 340 g/mol. The van der Waals surface area contributed by atoms with Crippen LogP contribution in [0.3, 0.4) is 0 Å². The van der Waals surface area contributed by atoms with Crippen LogP contribution in [-0.4, -0.2) is 5.91 Å². The summed E-state index contributed by atoms with van der Waals surface area (Å²) >= 11 is 2.95. The van der Waals surface area contributed by atoms with E-state index in [1.54, 1.807) is 25.1 Å². The van der Waals surface area contributed by atoms with Crippen molar-refractivity contribution in [3.05, 3.63) is 57.6 Å². The van der Waals surface area contributed by atoms with Crippen molar-refractivity contribution in [2.24, 2.45) is 0 Å². The first kappa shape index (κ1) is 14.5. The van der Waals surface area contributed by atoms with Crippen LogP contribution in [-0.2, 0) is 0 Å². The summed E-state index contributed by atoms with van der Waals surface area (Å²) < 4.78 is 27.5. The van der Waals surface area contributed by atoms with Crippen LogP contribution in [0.1, 0.15) is 15.9 Å². The fourth-order valence-electron chi connectivity index (χ4n) is 1.71. The van der Waals surface area contributed by atoms with Gasteiger partial charge in [0.2, 0.25) is 0 Å². The molecule has 0 aliphatic heterocycles. The predicted octanol–water partition coefficient (Wildman–Crippen LogP) is 3.87. The molecule has 0 radical (unpaired) electrons. The van der Waals surface area contributed by atoms with E-state index in [2.05, 4.69) is 21.2 Å². The zero-order valence-electron chi connectivity index (χ0n) is 10.5. The molecule has 2 aromatic rings. The van der Waals surface area contributed by atoms with Gasteiger partial charge in [0.15, 0.2) is 0 Å². The van der Waals surface area contributed by atoms with Crippen LogP contribution < -0.4 is 11.1 Å². The molecule has 0 bridgehead atoms. The highest BCUT2D eigenvalue weighted by molar-refractivity contribution is 9.10. The van der Waals surface area contributed by atoms with Crippen LogP contribution in [0.25, 0.3) is 0 Å². The molecule has 0 fully saturated rings. The number of hydrogen-bond donors (Lipinski definition) is 2. The number of benzene rings is 2. The molecule has 104 valence electrons. The van der Waals surface area contributed by atoms with Gasteiger partial charge in [0, 0.05) is 15.8 Å². The van der Waals surface area contributed by atoms with Crippen molar-refractivity contribution < 1.29 is 13.6 Å².